The molecule has 0 bridgehead atoms. The minimum atomic E-state index is -0.968. The van der Waals surface area contributed by atoms with Crippen LogP contribution in [0.1, 0.15) is 23.0 Å². The number of carboxylic acid groups (broad SMARTS) is 1. The van der Waals surface area contributed by atoms with Crippen LogP contribution in [0.3, 0.4) is 0 Å². The maximum Gasteiger partial charge on any atom is 0.335 e. The van der Waals surface area contributed by atoms with Gasteiger partial charge in [-0.1, -0.05) is 12.1 Å². The lowest BCUT2D eigenvalue weighted by atomic mass is 9.99. The van der Waals surface area contributed by atoms with Crippen LogP contribution in [-0.4, -0.2) is 31.4 Å². The molecule has 1 aliphatic rings. The van der Waals surface area contributed by atoms with E-state index in [1.807, 2.05) is 25.1 Å². The smallest absolute Gasteiger partial charge is 0.335 e. The summed E-state index contributed by atoms with van der Waals surface area (Å²) in [6, 6.07) is 12.4. The van der Waals surface area contributed by atoms with E-state index in [-0.39, 0.29) is 5.56 Å². The lowest BCUT2D eigenvalue weighted by Crippen LogP contribution is -2.21. The summed E-state index contributed by atoms with van der Waals surface area (Å²) in [6.07, 6.45) is 0. The molecule has 4 rings (SSSR count). The van der Waals surface area contributed by atoms with E-state index in [2.05, 4.69) is 0 Å². The molecule has 0 aliphatic carbocycles. The van der Waals surface area contributed by atoms with Crippen LogP contribution in [0.5, 0.6) is 5.75 Å². The van der Waals surface area contributed by atoms with Crippen molar-refractivity contribution in [3.05, 3.63) is 53.8 Å². The van der Waals surface area contributed by atoms with E-state index >= 15 is 0 Å². The van der Waals surface area contributed by atoms with Gasteiger partial charge in [-0.3, -0.25) is 0 Å². The van der Waals surface area contributed by atoms with Gasteiger partial charge in [-0.15, -0.1) is 0 Å². The van der Waals surface area contributed by atoms with Gasteiger partial charge in [0.2, 0.25) is 5.79 Å². The molecule has 3 aromatic rings. The highest BCUT2D eigenvalue weighted by Crippen LogP contribution is 2.41. The predicted molar refractivity (Wildman–Crippen MR) is 94.4 cm³/mol. The molecule has 0 radical (unpaired) electrons. The topological polar surface area (TPSA) is 78.1 Å². The van der Waals surface area contributed by atoms with Crippen molar-refractivity contribution in [3.8, 4) is 16.9 Å². The molecular formula is C20H18O6. The third-order valence-corrected chi connectivity index (χ3v) is 4.57. The van der Waals surface area contributed by atoms with Gasteiger partial charge in [0.15, 0.2) is 17.1 Å². The highest BCUT2D eigenvalue weighted by Gasteiger charge is 2.37. The van der Waals surface area contributed by atoms with Gasteiger partial charge in [0.1, 0.15) is 0 Å². The summed E-state index contributed by atoms with van der Waals surface area (Å²) in [4.78, 5) is 11.3. The van der Waals surface area contributed by atoms with E-state index in [0.717, 1.165) is 16.5 Å². The lowest BCUT2D eigenvalue weighted by molar-refractivity contribution is -0.162. The Kier molecular flexibility index (Phi) is 3.94. The monoisotopic (exact) mass is 354 g/mol. The standard InChI is InChI=1S/C20H18O6/c1-20(24-8-9-25-20)17-11-15-14(6-7-16(23-2)18(15)26-17)12-4-3-5-13(10-12)19(21)22/h3-7,10-11H,8-9H2,1-2H3,(H,21,22). The third kappa shape index (κ3) is 2.64. The molecule has 2 aromatic carbocycles. The first-order valence-corrected chi connectivity index (χ1v) is 8.24. The highest BCUT2D eigenvalue weighted by atomic mass is 16.7. The van der Waals surface area contributed by atoms with Gasteiger partial charge in [-0.2, -0.15) is 0 Å². The summed E-state index contributed by atoms with van der Waals surface area (Å²) in [5, 5.41) is 10.1. The molecule has 1 aliphatic heterocycles. The van der Waals surface area contributed by atoms with Crippen LogP contribution in [0.15, 0.2) is 46.9 Å². The Morgan fingerprint density at radius 1 is 1.15 bits per heavy atom. The number of ether oxygens (including phenoxy) is 3. The summed E-state index contributed by atoms with van der Waals surface area (Å²) in [5.41, 5.74) is 2.43. The maximum atomic E-state index is 11.3. The average Bonchev–Trinajstić information content (AvgIpc) is 3.28. The molecule has 1 N–H and O–H groups in total. The van der Waals surface area contributed by atoms with E-state index in [1.165, 1.54) is 0 Å². The number of benzene rings is 2. The van der Waals surface area contributed by atoms with Gasteiger partial charge in [0.25, 0.3) is 0 Å². The van der Waals surface area contributed by atoms with Gasteiger partial charge in [-0.25, -0.2) is 4.79 Å². The molecule has 1 aromatic heterocycles. The Morgan fingerprint density at radius 2 is 1.92 bits per heavy atom. The van der Waals surface area contributed by atoms with E-state index < -0.39 is 11.8 Å². The van der Waals surface area contributed by atoms with Gasteiger partial charge < -0.3 is 23.7 Å². The van der Waals surface area contributed by atoms with Crippen molar-refractivity contribution in [2.24, 2.45) is 0 Å². The molecule has 1 fully saturated rings. The van der Waals surface area contributed by atoms with Crippen LogP contribution in [0.25, 0.3) is 22.1 Å². The summed E-state index contributed by atoms with van der Waals surface area (Å²) in [6.45, 7) is 2.81. The molecule has 0 saturated carbocycles. The molecule has 134 valence electrons. The molecule has 0 unspecified atom stereocenters. The first kappa shape index (κ1) is 16.6. The molecule has 0 amide bonds. The minimum Gasteiger partial charge on any atom is -0.493 e. The summed E-state index contributed by atoms with van der Waals surface area (Å²) in [7, 11) is 1.58. The SMILES string of the molecule is COc1ccc(-c2cccc(C(=O)O)c2)c2cc(C3(C)OCCO3)oc12. The Morgan fingerprint density at radius 3 is 2.62 bits per heavy atom. The lowest BCUT2D eigenvalue weighted by Gasteiger charge is -2.18. The Bertz CT molecular complexity index is 981. The molecule has 0 spiro atoms. The van der Waals surface area contributed by atoms with E-state index in [4.69, 9.17) is 18.6 Å². The molecule has 26 heavy (non-hydrogen) atoms. The van der Waals surface area contributed by atoms with Crippen molar-refractivity contribution in [1.29, 1.82) is 0 Å². The predicted octanol–water partition coefficient (Wildman–Crippen LogP) is 4.03. The molecule has 6 nitrogen and oxygen atoms in total. The molecule has 0 atom stereocenters. The second kappa shape index (κ2) is 6.16. The summed E-state index contributed by atoms with van der Waals surface area (Å²) >= 11 is 0. The Labute approximate surface area is 149 Å². The number of aromatic carboxylic acids is 1. The number of furan rings is 1. The van der Waals surface area contributed by atoms with Crippen molar-refractivity contribution >= 4 is 16.9 Å². The van der Waals surface area contributed by atoms with Gasteiger partial charge in [-0.05, 0) is 48.4 Å². The molecule has 2 heterocycles. The van der Waals surface area contributed by atoms with Crippen LogP contribution in [0, 0.1) is 0 Å². The first-order valence-electron chi connectivity index (χ1n) is 8.24. The summed E-state index contributed by atoms with van der Waals surface area (Å²) in [5.74, 6) is -0.773. The van der Waals surface area contributed by atoms with E-state index in [9.17, 15) is 9.90 Å². The summed E-state index contributed by atoms with van der Waals surface area (Å²) < 4.78 is 22.8. The zero-order chi connectivity index (χ0) is 18.3. The fourth-order valence-electron chi connectivity index (χ4n) is 3.21. The second-order valence-corrected chi connectivity index (χ2v) is 6.20. The Hall–Kier alpha value is -2.83. The molecule has 1 saturated heterocycles. The fourth-order valence-corrected chi connectivity index (χ4v) is 3.21. The highest BCUT2D eigenvalue weighted by molar-refractivity contribution is 5.99. The molecule has 6 heteroatoms. The first-order chi connectivity index (χ1) is 12.5. The van der Waals surface area contributed by atoms with Gasteiger partial charge in [0.05, 0.1) is 25.9 Å². The quantitative estimate of drug-likeness (QED) is 0.762. The number of carboxylic acids is 1. The van der Waals surface area contributed by atoms with Crippen molar-refractivity contribution in [3.63, 3.8) is 0 Å². The van der Waals surface area contributed by atoms with Gasteiger partial charge >= 0.3 is 5.97 Å². The van der Waals surface area contributed by atoms with E-state index in [0.29, 0.717) is 30.3 Å². The van der Waals surface area contributed by atoms with E-state index in [1.54, 1.807) is 31.4 Å². The zero-order valence-corrected chi connectivity index (χ0v) is 14.4. The third-order valence-electron chi connectivity index (χ3n) is 4.57. The van der Waals surface area contributed by atoms with Crippen LogP contribution in [0.4, 0.5) is 0 Å². The largest absolute Gasteiger partial charge is 0.493 e. The van der Waals surface area contributed by atoms with Crippen LogP contribution in [-0.2, 0) is 15.3 Å². The number of methoxy groups -OCH3 is 1. The number of hydrogen-bond acceptors (Lipinski definition) is 5. The number of fused-ring (bicyclic) bond motifs is 1. The average molecular weight is 354 g/mol. The molecular weight excluding hydrogens is 336 g/mol. The van der Waals surface area contributed by atoms with Crippen molar-refractivity contribution in [2.75, 3.05) is 20.3 Å². The van der Waals surface area contributed by atoms with Crippen LogP contribution >= 0.6 is 0 Å². The zero-order valence-electron chi connectivity index (χ0n) is 14.4. The minimum absolute atomic E-state index is 0.226. The van der Waals surface area contributed by atoms with Crippen LogP contribution < -0.4 is 4.74 Å². The second-order valence-electron chi connectivity index (χ2n) is 6.20. The van der Waals surface area contributed by atoms with Gasteiger partial charge in [0, 0.05) is 5.39 Å². The van der Waals surface area contributed by atoms with Crippen molar-refractivity contribution in [1.82, 2.24) is 0 Å². The van der Waals surface area contributed by atoms with Crippen molar-refractivity contribution in [2.45, 2.75) is 12.7 Å². The number of rotatable bonds is 4. The van der Waals surface area contributed by atoms with Crippen LogP contribution in [0.2, 0.25) is 0 Å². The number of hydrogen-bond donors (Lipinski definition) is 1. The Balaban J connectivity index is 1.92. The normalized spacial score (nSPS) is 16.1. The van der Waals surface area contributed by atoms with Crippen molar-refractivity contribution < 1.29 is 28.5 Å². The maximum absolute atomic E-state index is 11.3. The number of carbonyl (C=O) groups is 1. The fraction of sp³-hybridized carbons (Fsp3) is 0.250.